The molecule has 2 rings (SSSR count). The Morgan fingerprint density at radius 3 is 2.61 bits per heavy atom. The number of nitrogens with one attached hydrogen (secondary N) is 2. The molecule has 0 aromatic heterocycles. The van der Waals surface area contributed by atoms with Gasteiger partial charge in [0.15, 0.2) is 0 Å². The molecule has 0 fully saturated rings. The Balaban J connectivity index is 2.00. The maximum absolute atomic E-state index is 11.8. The van der Waals surface area contributed by atoms with E-state index >= 15 is 0 Å². The lowest BCUT2D eigenvalue weighted by atomic mass is 10.1. The summed E-state index contributed by atoms with van der Waals surface area (Å²) in [6, 6.07) is 7.66. The summed E-state index contributed by atoms with van der Waals surface area (Å²) in [5, 5.41) is 6.50. The number of benzene rings is 1. The third kappa shape index (κ3) is 2.94. The van der Waals surface area contributed by atoms with Gasteiger partial charge in [0.2, 0.25) is 5.91 Å². The second-order valence-corrected chi connectivity index (χ2v) is 4.10. The van der Waals surface area contributed by atoms with Crippen LogP contribution in [0.1, 0.15) is 25.3 Å². The van der Waals surface area contributed by atoms with Gasteiger partial charge in [-0.3, -0.25) is 9.59 Å². The van der Waals surface area contributed by atoms with Gasteiger partial charge in [0.05, 0.1) is 0 Å². The third-order valence-electron chi connectivity index (χ3n) is 2.79. The number of nitrogens with zero attached hydrogens (tertiary/aromatic N) is 1. The van der Waals surface area contributed by atoms with Crippen molar-refractivity contribution in [1.82, 2.24) is 5.43 Å². The fourth-order valence-electron chi connectivity index (χ4n) is 1.66. The Bertz CT molecular complexity index is 491. The second kappa shape index (κ2) is 5.44. The number of hydrogen-bond donors (Lipinski definition) is 2. The van der Waals surface area contributed by atoms with E-state index in [0.29, 0.717) is 18.6 Å². The van der Waals surface area contributed by atoms with Crippen LogP contribution in [0, 0.1) is 0 Å². The minimum absolute atomic E-state index is 0.154. The molecular formula is C13H15N3O2. The van der Waals surface area contributed by atoms with Gasteiger partial charge in [-0.25, -0.2) is 5.43 Å². The predicted molar refractivity (Wildman–Crippen MR) is 69.3 cm³/mol. The van der Waals surface area contributed by atoms with Gasteiger partial charge in [-0.05, 0) is 24.1 Å². The van der Waals surface area contributed by atoms with E-state index in [1.54, 1.807) is 0 Å². The van der Waals surface area contributed by atoms with Crippen molar-refractivity contribution < 1.29 is 9.59 Å². The highest BCUT2D eigenvalue weighted by Gasteiger charge is 2.18. The van der Waals surface area contributed by atoms with E-state index in [2.05, 4.69) is 22.8 Å². The number of rotatable bonds is 3. The highest BCUT2D eigenvalue weighted by molar-refractivity contribution is 6.43. The summed E-state index contributed by atoms with van der Waals surface area (Å²) < 4.78 is 0. The van der Waals surface area contributed by atoms with E-state index in [1.165, 1.54) is 5.56 Å². The molecule has 0 saturated carbocycles. The van der Waals surface area contributed by atoms with E-state index in [9.17, 15) is 9.59 Å². The van der Waals surface area contributed by atoms with Gasteiger partial charge in [0.1, 0.15) is 5.71 Å². The number of hydrogen-bond acceptors (Lipinski definition) is 3. The standard InChI is InChI=1S/C13H15N3O2/c1-2-9-3-5-10(6-4-9)14-13(18)11-7-8-12(17)16-15-11/h3-6H,2,7-8H2,1H3,(H,14,18)(H,16,17). The summed E-state index contributed by atoms with van der Waals surface area (Å²) in [5.41, 5.74) is 4.61. The van der Waals surface area contributed by atoms with Crippen LogP contribution < -0.4 is 10.7 Å². The molecule has 0 saturated heterocycles. The van der Waals surface area contributed by atoms with Crippen LogP contribution in [-0.4, -0.2) is 17.5 Å². The molecule has 0 unspecified atom stereocenters. The van der Waals surface area contributed by atoms with Crippen LogP contribution in [0.3, 0.4) is 0 Å². The molecule has 1 aliphatic rings. The van der Waals surface area contributed by atoms with Crippen LogP contribution in [0.25, 0.3) is 0 Å². The minimum atomic E-state index is -0.265. The lowest BCUT2D eigenvalue weighted by molar-refractivity contribution is -0.121. The molecule has 0 aliphatic carbocycles. The highest BCUT2D eigenvalue weighted by atomic mass is 16.2. The molecule has 2 amide bonds. The average molecular weight is 245 g/mol. The zero-order valence-corrected chi connectivity index (χ0v) is 10.2. The van der Waals surface area contributed by atoms with E-state index in [0.717, 1.165) is 12.1 Å². The molecule has 5 nitrogen and oxygen atoms in total. The van der Waals surface area contributed by atoms with Crippen molar-refractivity contribution in [3.63, 3.8) is 0 Å². The van der Waals surface area contributed by atoms with Crippen molar-refractivity contribution >= 4 is 23.2 Å². The molecule has 1 aromatic carbocycles. The van der Waals surface area contributed by atoms with Crippen LogP contribution in [-0.2, 0) is 16.0 Å². The van der Waals surface area contributed by atoms with Gasteiger partial charge >= 0.3 is 0 Å². The number of amides is 2. The summed E-state index contributed by atoms with van der Waals surface area (Å²) in [6.45, 7) is 2.08. The van der Waals surface area contributed by atoms with Gasteiger partial charge in [-0.1, -0.05) is 19.1 Å². The van der Waals surface area contributed by atoms with Crippen LogP contribution in [0.4, 0.5) is 5.69 Å². The maximum atomic E-state index is 11.8. The lowest BCUT2D eigenvalue weighted by Crippen LogP contribution is -2.32. The van der Waals surface area contributed by atoms with E-state index in [4.69, 9.17) is 0 Å². The first-order chi connectivity index (χ1) is 8.69. The quantitative estimate of drug-likeness (QED) is 0.846. The largest absolute Gasteiger partial charge is 0.321 e. The Kier molecular flexibility index (Phi) is 3.72. The van der Waals surface area contributed by atoms with Crippen LogP contribution in [0.15, 0.2) is 29.4 Å². The molecule has 0 atom stereocenters. The maximum Gasteiger partial charge on any atom is 0.271 e. The Morgan fingerprint density at radius 1 is 1.33 bits per heavy atom. The number of hydrazone groups is 1. The summed E-state index contributed by atoms with van der Waals surface area (Å²) in [7, 11) is 0. The molecule has 94 valence electrons. The fourth-order valence-corrected chi connectivity index (χ4v) is 1.66. The fraction of sp³-hybridized carbons (Fsp3) is 0.308. The third-order valence-corrected chi connectivity index (χ3v) is 2.79. The van der Waals surface area contributed by atoms with E-state index < -0.39 is 0 Å². The molecule has 1 aliphatic heterocycles. The first kappa shape index (κ1) is 12.3. The van der Waals surface area contributed by atoms with Gasteiger partial charge in [-0.2, -0.15) is 5.10 Å². The summed E-state index contributed by atoms with van der Waals surface area (Å²) in [6.07, 6.45) is 1.65. The number of carbonyl (C=O) groups is 2. The Hall–Kier alpha value is -2.17. The molecule has 5 heteroatoms. The van der Waals surface area contributed by atoms with Crippen LogP contribution in [0.2, 0.25) is 0 Å². The van der Waals surface area contributed by atoms with Crippen molar-refractivity contribution in [1.29, 1.82) is 0 Å². The van der Waals surface area contributed by atoms with E-state index in [-0.39, 0.29) is 11.8 Å². The predicted octanol–water partition coefficient (Wildman–Crippen LogP) is 1.45. The minimum Gasteiger partial charge on any atom is -0.321 e. The molecule has 0 bridgehead atoms. The zero-order valence-electron chi connectivity index (χ0n) is 10.2. The molecular weight excluding hydrogens is 230 g/mol. The SMILES string of the molecule is CCc1ccc(NC(=O)C2=NNC(=O)CC2)cc1. The van der Waals surface area contributed by atoms with Gasteiger partial charge in [0.25, 0.3) is 5.91 Å². The summed E-state index contributed by atoms with van der Waals surface area (Å²) >= 11 is 0. The van der Waals surface area contributed by atoms with E-state index in [1.807, 2.05) is 24.3 Å². The summed E-state index contributed by atoms with van der Waals surface area (Å²) in [5.74, 6) is -0.418. The zero-order chi connectivity index (χ0) is 13.0. The molecule has 1 heterocycles. The van der Waals surface area contributed by atoms with Gasteiger partial charge in [-0.15, -0.1) is 0 Å². The number of carbonyl (C=O) groups excluding carboxylic acids is 2. The van der Waals surface area contributed by atoms with Crippen molar-refractivity contribution in [3.05, 3.63) is 29.8 Å². The Morgan fingerprint density at radius 2 is 2.06 bits per heavy atom. The lowest BCUT2D eigenvalue weighted by Gasteiger charge is -2.12. The smallest absolute Gasteiger partial charge is 0.271 e. The normalized spacial score (nSPS) is 14.7. The first-order valence-electron chi connectivity index (χ1n) is 5.94. The van der Waals surface area contributed by atoms with Crippen molar-refractivity contribution in [3.8, 4) is 0 Å². The molecule has 2 N–H and O–H groups in total. The van der Waals surface area contributed by atoms with Crippen LogP contribution in [0.5, 0.6) is 0 Å². The van der Waals surface area contributed by atoms with Crippen molar-refractivity contribution in [2.24, 2.45) is 5.10 Å². The first-order valence-corrected chi connectivity index (χ1v) is 5.94. The average Bonchev–Trinajstić information content (AvgIpc) is 2.40. The monoisotopic (exact) mass is 245 g/mol. The Labute approximate surface area is 105 Å². The molecule has 0 radical (unpaired) electrons. The number of anilines is 1. The van der Waals surface area contributed by atoms with Gasteiger partial charge in [0, 0.05) is 18.5 Å². The molecule has 0 spiro atoms. The molecule has 18 heavy (non-hydrogen) atoms. The summed E-state index contributed by atoms with van der Waals surface area (Å²) in [4.78, 5) is 22.7. The molecule has 1 aromatic rings. The second-order valence-electron chi connectivity index (χ2n) is 4.10. The topological polar surface area (TPSA) is 70.6 Å². The van der Waals surface area contributed by atoms with Crippen LogP contribution >= 0.6 is 0 Å². The van der Waals surface area contributed by atoms with Gasteiger partial charge < -0.3 is 5.32 Å². The number of aryl methyl sites for hydroxylation is 1. The highest BCUT2D eigenvalue weighted by Crippen LogP contribution is 2.11. The van der Waals surface area contributed by atoms with Crippen molar-refractivity contribution in [2.45, 2.75) is 26.2 Å². The van der Waals surface area contributed by atoms with Crippen molar-refractivity contribution in [2.75, 3.05) is 5.32 Å².